The molecule has 0 radical (unpaired) electrons. The van der Waals surface area contributed by atoms with E-state index >= 15 is 0 Å². The molecule has 0 unspecified atom stereocenters. The number of hydrogen-bond acceptors (Lipinski definition) is 6. The largest absolute Gasteiger partial charge is 0.504 e. The Kier molecular flexibility index (Phi) is 6.85. The molecule has 2 amide bonds. The van der Waals surface area contributed by atoms with Gasteiger partial charge in [0.05, 0.1) is 20.4 Å². The monoisotopic (exact) mass is 419 g/mol. The zero-order valence-corrected chi connectivity index (χ0v) is 17.0. The third kappa shape index (κ3) is 5.60. The molecular weight excluding hydrogens is 398 g/mol. The zero-order chi connectivity index (χ0) is 22.2. The SMILES string of the molecule is COc1ccc(C(=O)Nc2ccc(C(=O)N/N=C/c3ccc(O)c(OC)c3)cc2)cc1. The summed E-state index contributed by atoms with van der Waals surface area (Å²) in [6.45, 7) is 0. The van der Waals surface area contributed by atoms with Gasteiger partial charge in [-0.05, 0) is 72.3 Å². The van der Waals surface area contributed by atoms with Crippen molar-refractivity contribution in [3.8, 4) is 17.2 Å². The standard InChI is InChI=1S/C23H21N3O5/c1-30-19-10-6-16(7-11-19)22(28)25-18-8-4-17(5-9-18)23(29)26-24-14-15-3-12-20(27)21(13-15)31-2/h3-14,27H,1-2H3,(H,25,28)(H,26,29)/b24-14+. The first kappa shape index (κ1) is 21.4. The number of benzene rings is 3. The summed E-state index contributed by atoms with van der Waals surface area (Å²) in [6.07, 6.45) is 1.43. The number of carbonyl (C=O) groups is 2. The van der Waals surface area contributed by atoms with Crippen molar-refractivity contribution >= 4 is 23.7 Å². The Morgan fingerprint density at radius 3 is 2.16 bits per heavy atom. The minimum Gasteiger partial charge on any atom is -0.504 e. The van der Waals surface area contributed by atoms with E-state index in [4.69, 9.17) is 9.47 Å². The highest BCUT2D eigenvalue weighted by molar-refractivity contribution is 6.04. The molecule has 158 valence electrons. The van der Waals surface area contributed by atoms with Gasteiger partial charge >= 0.3 is 0 Å². The number of rotatable bonds is 7. The number of amides is 2. The van der Waals surface area contributed by atoms with E-state index in [0.717, 1.165) is 0 Å². The van der Waals surface area contributed by atoms with E-state index in [-0.39, 0.29) is 11.7 Å². The Bertz CT molecular complexity index is 1090. The lowest BCUT2D eigenvalue weighted by molar-refractivity contribution is 0.0954. The maximum Gasteiger partial charge on any atom is 0.271 e. The molecule has 0 aliphatic heterocycles. The van der Waals surface area contributed by atoms with Crippen molar-refractivity contribution in [2.75, 3.05) is 19.5 Å². The molecule has 3 rings (SSSR count). The minimum atomic E-state index is -0.407. The summed E-state index contributed by atoms with van der Waals surface area (Å²) in [7, 11) is 3.00. The van der Waals surface area contributed by atoms with Gasteiger partial charge in [0.25, 0.3) is 11.8 Å². The molecule has 0 bridgehead atoms. The molecular formula is C23H21N3O5. The van der Waals surface area contributed by atoms with E-state index in [1.807, 2.05) is 0 Å². The van der Waals surface area contributed by atoms with Crippen molar-refractivity contribution in [2.45, 2.75) is 0 Å². The molecule has 0 fully saturated rings. The lowest BCUT2D eigenvalue weighted by atomic mass is 10.1. The van der Waals surface area contributed by atoms with Crippen molar-refractivity contribution in [2.24, 2.45) is 5.10 Å². The maximum absolute atomic E-state index is 12.3. The number of methoxy groups -OCH3 is 2. The van der Waals surface area contributed by atoms with Crippen molar-refractivity contribution in [1.29, 1.82) is 0 Å². The van der Waals surface area contributed by atoms with Crippen LogP contribution in [-0.2, 0) is 0 Å². The van der Waals surface area contributed by atoms with Crippen LogP contribution < -0.4 is 20.2 Å². The fraction of sp³-hybridized carbons (Fsp3) is 0.0870. The van der Waals surface area contributed by atoms with Crippen LogP contribution in [-0.4, -0.2) is 37.4 Å². The number of ether oxygens (including phenoxy) is 2. The predicted octanol–water partition coefficient (Wildman–Crippen LogP) is 3.43. The van der Waals surface area contributed by atoms with Crippen LogP contribution in [0, 0.1) is 0 Å². The van der Waals surface area contributed by atoms with E-state index in [2.05, 4.69) is 15.8 Å². The van der Waals surface area contributed by atoms with Crippen LogP contribution in [0.2, 0.25) is 0 Å². The second-order valence-corrected chi connectivity index (χ2v) is 6.39. The molecule has 0 heterocycles. The molecule has 3 aromatic rings. The lowest BCUT2D eigenvalue weighted by Crippen LogP contribution is -2.17. The Hall–Kier alpha value is -4.33. The van der Waals surface area contributed by atoms with Gasteiger partial charge in [-0.15, -0.1) is 0 Å². The van der Waals surface area contributed by atoms with Gasteiger partial charge in [0, 0.05) is 16.8 Å². The molecule has 3 N–H and O–H groups in total. The van der Waals surface area contributed by atoms with Crippen LogP contribution >= 0.6 is 0 Å². The smallest absolute Gasteiger partial charge is 0.271 e. The summed E-state index contributed by atoms with van der Waals surface area (Å²) in [5.74, 6) is 0.313. The summed E-state index contributed by atoms with van der Waals surface area (Å²) in [5.41, 5.74) is 4.49. The van der Waals surface area contributed by atoms with Gasteiger partial charge in [-0.1, -0.05) is 0 Å². The normalized spacial score (nSPS) is 10.5. The van der Waals surface area contributed by atoms with Crippen LogP contribution in [0.25, 0.3) is 0 Å². The van der Waals surface area contributed by atoms with E-state index in [9.17, 15) is 14.7 Å². The highest BCUT2D eigenvalue weighted by Crippen LogP contribution is 2.25. The summed E-state index contributed by atoms with van der Waals surface area (Å²) >= 11 is 0. The van der Waals surface area contributed by atoms with E-state index < -0.39 is 5.91 Å². The maximum atomic E-state index is 12.3. The molecule has 0 saturated carbocycles. The molecule has 0 atom stereocenters. The minimum absolute atomic E-state index is 0.0165. The predicted molar refractivity (Wildman–Crippen MR) is 117 cm³/mol. The Balaban J connectivity index is 1.57. The van der Waals surface area contributed by atoms with Crippen LogP contribution in [0.15, 0.2) is 71.8 Å². The Morgan fingerprint density at radius 1 is 0.871 bits per heavy atom. The molecule has 8 nitrogen and oxygen atoms in total. The third-order valence-corrected chi connectivity index (χ3v) is 4.34. The first-order valence-electron chi connectivity index (χ1n) is 9.26. The first-order chi connectivity index (χ1) is 15.0. The van der Waals surface area contributed by atoms with Gasteiger partial charge in [0.2, 0.25) is 0 Å². The second kappa shape index (κ2) is 9.93. The summed E-state index contributed by atoms with van der Waals surface area (Å²) in [5, 5.41) is 16.3. The summed E-state index contributed by atoms with van der Waals surface area (Å²) in [6, 6.07) is 17.9. The average molecular weight is 419 g/mol. The molecule has 0 spiro atoms. The van der Waals surface area contributed by atoms with Crippen molar-refractivity contribution < 1.29 is 24.2 Å². The van der Waals surface area contributed by atoms with Crippen LogP contribution in [0.4, 0.5) is 5.69 Å². The number of anilines is 1. The van der Waals surface area contributed by atoms with E-state index in [1.54, 1.807) is 67.8 Å². The number of nitrogens with one attached hydrogen (secondary N) is 2. The Labute approximate surface area is 179 Å². The number of nitrogens with zero attached hydrogens (tertiary/aromatic N) is 1. The zero-order valence-electron chi connectivity index (χ0n) is 17.0. The number of aromatic hydroxyl groups is 1. The number of carbonyl (C=O) groups excluding carboxylic acids is 2. The fourth-order valence-electron chi connectivity index (χ4n) is 2.66. The molecule has 0 aliphatic carbocycles. The highest BCUT2D eigenvalue weighted by Gasteiger charge is 2.08. The van der Waals surface area contributed by atoms with Crippen LogP contribution in [0.1, 0.15) is 26.3 Å². The van der Waals surface area contributed by atoms with Gasteiger partial charge in [-0.3, -0.25) is 9.59 Å². The number of phenolic OH excluding ortho intramolecular Hbond substituents is 1. The van der Waals surface area contributed by atoms with E-state index in [0.29, 0.717) is 33.9 Å². The highest BCUT2D eigenvalue weighted by atomic mass is 16.5. The van der Waals surface area contributed by atoms with Crippen LogP contribution in [0.5, 0.6) is 17.2 Å². The topological polar surface area (TPSA) is 109 Å². The van der Waals surface area contributed by atoms with Crippen molar-refractivity contribution in [1.82, 2.24) is 5.43 Å². The molecule has 3 aromatic carbocycles. The van der Waals surface area contributed by atoms with Gasteiger partial charge in [-0.2, -0.15) is 5.10 Å². The first-order valence-corrected chi connectivity index (χ1v) is 9.26. The second-order valence-electron chi connectivity index (χ2n) is 6.39. The third-order valence-electron chi connectivity index (χ3n) is 4.34. The Morgan fingerprint density at radius 2 is 1.52 bits per heavy atom. The fourth-order valence-corrected chi connectivity index (χ4v) is 2.66. The van der Waals surface area contributed by atoms with Gasteiger partial charge in [0.15, 0.2) is 11.5 Å². The molecule has 0 aromatic heterocycles. The van der Waals surface area contributed by atoms with Gasteiger partial charge in [0.1, 0.15) is 5.75 Å². The molecule has 31 heavy (non-hydrogen) atoms. The van der Waals surface area contributed by atoms with Crippen LogP contribution in [0.3, 0.4) is 0 Å². The number of hydrogen-bond donors (Lipinski definition) is 3. The molecule has 0 aliphatic rings. The van der Waals surface area contributed by atoms with E-state index in [1.165, 1.54) is 19.4 Å². The lowest BCUT2D eigenvalue weighted by Gasteiger charge is -2.07. The van der Waals surface area contributed by atoms with Crippen molar-refractivity contribution in [3.63, 3.8) is 0 Å². The van der Waals surface area contributed by atoms with Gasteiger partial charge < -0.3 is 19.9 Å². The number of hydrazone groups is 1. The van der Waals surface area contributed by atoms with Gasteiger partial charge in [-0.25, -0.2) is 5.43 Å². The molecule has 8 heteroatoms. The van der Waals surface area contributed by atoms with Crippen molar-refractivity contribution in [3.05, 3.63) is 83.4 Å². The number of phenols is 1. The summed E-state index contributed by atoms with van der Waals surface area (Å²) < 4.78 is 10.1. The average Bonchev–Trinajstić information content (AvgIpc) is 2.80. The quantitative estimate of drug-likeness (QED) is 0.402. The molecule has 0 saturated heterocycles. The summed E-state index contributed by atoms with van der Waals surface area (Å²) in [4.78, 5) is 24.5.